The number of allylic oxidation sites excluding steroid dienone is 3. The van der Waals surface area contributed by atoms with E-state index in [1.54, 1.807) is 0 Å². The molecule has 0 atom stereocenters. The molecule has 1 fully saturated rings. The molecule has 0 N–H and O–H groups in total. The van der Waals surface area contributed by atoms with Crippen molar-refractivity contribution in [2.75, 3.05) is 4.90 Å². The summed E-state index contributed by atoms with van der Waals surface area (Å²) in [6.07, 6.45) is 11.7. The zero-order valence-corrected chi connectivity index (χ0v) is 22.5. The number of hydrogen-bond acceptors (Lipinski definition) is 1. The molecule has 0 spiro atoms. The summed E-state index contributed by atoms with van der Waals surface area (Å²) in [5.41, 5.74) is 8.63. The van der Waals surface area contributed by atoms with E-state index < -0.39 is 0 Å². The molecule has 0 aromatic heterocycles. The maximum Gasteiger partial charge on any atom is 0.0478 e. The molecule has 0 unspecified atom stereocenters. The molecule has 1 aliphatic rings. The predicted octanol–water partition coefficient (Wildman–Crippen LogP) is 10.5. The van der Waals surface area contributed by atoms with E-state index in [0.29, 0.717) is 5.92 Å². The Labute approximate surface area is 219 Å². The van der Waals surface area contributed by atoms with Gasteiger partial charge < -0.3 is 4.90 Å². The number of rotatable bonds is 9. The van der Waals surface area contributed by atoms with Crippen LogP contribution in [0.4, 0.5) is 5.69 Å². The van der Waals surface area contributed by atoms with E-state index in [4.69, 9.17) is 0 Å². The van der Waals surface area contributed by atoms with Crippen LogP contribution in [0.15, 0.2) is 109 Å². The van der Waals surface area contributed by atoms with Crippen LogP contribution in [0.2, 0.25) is 0 Å². The van der Waals surface area contributed by atoms with Gasteiger partial charge in [-0.3, -0.25) is 0 Å². The summed E-state index contributed by atoms with van der Waals surface area (Å²) in [6, 6.07) is 28.4. The molecule has 0 saturated heterocycles. The topological polar surface area (TPSA) is 3.24 Å². The Morgan fingerprint density at radius 2 is 1.50 bits per heavy atom. The Hall–Kier alpha value is -3.32. The Balaban J connectivity index is 0.00000176. The zero-order valence-electron chi connectivity index (χ0n) is 22.5. The van der Waals surface area contributed by atoms with Crippen LogP contribution in [0.3, 0.4) is 0 Å². The van der Waals surface area contributed by atoms with Crippen molar-refractivity contribution < 1.29 is 0 Å². The molecule has 0 amide bonds. The molecule has 0 bridgehead atoms. The van der Waals surface area contributed by atoms with Crippen molar-refractivity contribution in [3.8, 4) is 11.1 Å². The first-order valence-electron chi connectivity index (χ1n) is 13.7. The van der Waals surface area contributed by atoms with Gasteiger partial charge in [0, 0.05) is 17.9 Å². The molecule has 188 valence electrons. The van der Waals surface area contributed by atoms with Gasteiger partial charge in [-0.25, -0.2) is 0 Å². The van der Waals surface area contributed by atoms with E-state index in [-0.39, 0.29) is 0 Å². The van der Waals surface area contributed by atoms with Gasteiger partial charge >= 0.3 is 0 Å². The second-order valence-electron chi connectivity index (χ2n) is 9.42. The van der Waals surface area contributed by atoms with Gasteiger partial charge in [-0.15, -0.1) is 0 Å². The minimum absolute atomic E-state index is 0.566. The third-order valence-corrected chi connectivity index (χ3v) is 6.97. The van der Waals surface area contributed by atoms with Crippen molar-refractivity contribution >= 4 is 11.8 Å². The average Bonchev–Trinajstić information content (AvgIpc) is 2.96. The van der Waals surface area contributed by atoms with Crippen molar-refractivity contribution in [3.05, 3.63) is 120 Å². The van der Waals surface area contributed by atoms with Crippen LogP contribution in [0.1, 0.15) is 70.4 Å². The minimum atomic E-state index is 0.566. The summed E-state index contributed by atoms with van der Waals surface area (Å²) in [4.78, 5) is 2.44. The summed E-state index contributed by atoms with van der Waals surface area (Å²) in [6.45, 7) is 15.7. The summed E-state index contributed by atoms with van der Waals surface area (Å²) in [5, 5.41) is 0. The minimum Gasteiger partial charge on any atom is -0.341 e. The van der Waals surface area contributed by atoms with Gasteiger partial charge in [-0.05, 0) is 59.6 Å². The molecule has 3 aromatic carbocycles. The lowest BCUT2D eigenvalue weighted by molar-refractivity contribution is 0.396. The molecule has 0 radical (unpaired) electrons. The summed E-state index contributed by atoms with van der Waals surface area (Å²) >= 11 is 0. The Bertz CT molecular complexity index is 1110. The molecule has 1 heteroatoms. The van der Waals surface area contributed by atoms with Gasteiger partial charge in [0.1, 0.15) is 0 Å². The van der Waals surface area contributed by atoms with E-state index in [1.165, 1.54) is 65.7 Å². The second kappa shape index (κ2) is 14.3. The van der Waals surface area contributed by atoms with Gasteiger partial charge in [0.15, 0.2) is 0 Å². The fourth-order valence-electron chi connectivity index (χ4n) is 4.76. The Kier molecular flexibility index (Phi) is 10.8. The first-order valence-corrected chi connectivity index (χ1v) is 13.7. The van der Waals surface area contributed by atoms with Crippen molar-refractivity contribution in [1.29, 1.82) is 0 Å². The van der Waals surface area contributed by atoms with E-state index in [2.05, 4.69) is 116 Å². The standard InChI is InChI=1S/C33H37N.C2H6/c1-4-26(2)18-19-28-12-11-17-33(24-28)34(27(3)30-13-7-5-8-14-30)25-29-20-22-32(23-21-29)31-15-9-6-10-16-31;1-2/h6,9-12,15-24,30H,2-5,7-8,13-14,25H2,1H3;1-2H3/b19-18+;. The fraction of sp³-hybridized carbons (Fsp3) is 0.314. The van der Waals surface area contributed by atoms with Crippen LogP contribution in [-0.2, 0) is 6.54 Å². The van der Waals surface area contributed by atoms with Crippen molar-refractivity contribution in [1.82, 2.24) is 0 Å². The third kappa shape index (κ3) is 7.59. The van der Waals surface area contributed by atoms with Crippen LogP contribution in [-0.4, -0.2) is 0 Å². The van der Waals surface area contributed by atoms with E-state index >= 15 is 0 Å². The highest BCUT2D eigenvalue weighted by Crippen LogP contribution is 2.34. The zero-order chi connectivity index (χ0) is 25.8. The first kappa shape index (κ1) is 27.3. The molecular formula is C35H43N. The molecule has 4 rings (SSSR count). The molecule has 1 aliphatic carbocycles. The lowest BCUT2D eigenvalue weighted by Crippen LogP contribution is -2.27. The van der Waals surface area contributed by atoms with Crippen molar-refractivity contribution in [3.63, 3.8) is 0 Å². The van der Waals surface area contributed by atoms with Gasteiger partial charge in [0.2, 0.25) is 0 Å². The summed E-state index contributed by atoms with van der Waals surface area (Å²) < 4.78 is 0. The fourth-order valence-corrected chi connectivity index (χ4v) is 4.76. The van der Waals surface area contributed by atoms with Gasteiger partial charge in [-0.2, -0.15) is 0 Å². The number of hydrogen-bond donors (Lipinski definition) is 0. The lowest BCUT2D eigenvalue weighted by Gasteiger charge is -2.34. The molecule has 36 heavy (non-hydrogen) atoms. The maximum absolute atomic E-state index is 4.63. The molecule has 0 aliphatic heterocycles. The number of nitrogens with zero attached hydrogens (tertiary/aromatic N) is 1. The van der Waals surface area contributed by atoms with Gasteiger partial charge in [0.05, 0.1) is 0 Å². The lowest BCUT2D eigenvalue weighted by atomic mass is 9.86. The second-order valence-corrected chi connectivity index (χ2v) is 9.42. The maximum atomic E-state index is 4.63. The highest BCUT2D eigenvalue weighted by molar-refractivity contribution is 5.64. The van der Waals surface area contributed by atoms with Crippen LogP contribution in [0, 0.1) is 5.92 Å². The smallest absolute Gasteiger partial charge is 0.0478 e. The Morgan fingerprint density at radius 3 is 2.17 bits per heavy atom. The van der Waals surface area contributed by atoms with Gasteiger partial charge in [-0.1, -0.05) is 138 Å². The van der Waals surface area contributed by atoms with Crippen LogP contribution >= 0.6 is 0 Å². The SMILES string of the molecule is C=C(/C=C/c1cccc(N(Cc2ccc(-c3ccccc3)cc2)C(=C)C2CCCCC2)c1)CC.CC. The monoisotopic (exact) mass is 477 g/mol. The quantitative estimate of drug-likeness (QED) is 0.277. The number of benzene rings is 3. The number of anilines is 1. The third-order valence-electron chi connectivity index (χ3n) is 6.97. The highest BCUT2D eigenvalue weighted by Gasteiger charge is 2.22. The molecular weight excluding hydrogens is 434 g/mol. The summed E-state index contributed by atoms with van der Waals surface area (Å²) in [5.74, 6) is 0.566. The van der Waals surface area contributed by atoms with Crippen molar-refractivity contribution in [2.45, 2.75) is 65.8 Å². The normalized spacial score (nSPS) is 13.6. The summed E-state index contributed by atoms with van der Waals surface area (Å²) in [7, 11) is 0. The van der Waals surface area contributed by atoms with Gasteiger partial charge in [0.25, 0.3) is 0 Å². The Morgan fingerprint density at radius 1 is 0.833 bits per heavy atom. The highest BCUT2D eigenvalue weighted by atomic mass is 15.1. The van der Waals surface area contributed by atoms with Crippen molar-refractivity contribution in [2.24, 2.45) is 5.92 Å². The van der Waals surface area contributed by atoms with Crippen LogP contribution < -0.4 is 4.90 Å². The van der Waals surface area contributed by atoms with Crippen LogP contribution in [0.5, 0.6) is 0 Å². The average molecular weight is 478 g/mol. The largest absolute Gasteiger partial charge is 0.341 e. The van der Waals surface area contributed by atoms with E-state index in [1.807, 2.05) is 13.8 Å². The molecule has 1 nitrogen and oxygen atoms in total. The first-order chi connectivity index (χ1) is 17.6. The molecule has 0 heterocycles. The van der Waals surface area contributed by atoms with Crippen LogP contribution in [0.25, 0.3) is 17.2 Å². The predicted molar refractivity (Wildman–Crippen MR) is 160 cm³/mol. The van der Waals surface area contributed by atoms with E-state index in [9.17, 15) is 0 Å². The molecule has 3 aromatic rings. The van der Waals surface area contributed by atoms with E-state index in [0.717, 1.165) is 18.5 Å². The molecule has 1 saturated carbocycles.